The highest BCUT2D eigenvalue weighted by atomic mass is 32.2. The van der Waals surface area contributed by atoms with Gasteiger partial charge in [-0.25, -0.2) is 0 Å². The second kappa shape index (κ2) is 8.00. The van der Waals surface area contributed by atoms with Crippen LogP contribution in [-0.2, 0) is 12.3 Å². The average molecular weight is 304 g/mol. The van der Waals surface area contributed by atoms with Crippen LogP contribution in [0.3, 0.4) is 0 Å². The van der Waals surface area contributed by atoms with Gasteiger partial charge < -0.3 is 14.6 Å². The maximum Gasteiger partial charge on any atom is 0.284 e. The van der Waals surface area contributed by atoms with Crippen LogP contribution in [0, 0.1) is 0 Å². The van der Waals surface area contributed by atoms with E-state index in [1.165, 1.54) is 19.4 Å². The van der Waals surface area contributed by atoms with Crippen molar-refractivity contribution in [1.29, 1.82) is 0 Å². The van der Waals surface area contributed by atoms with E-state index in [-0.39, 0.29) is 5.75 Å². The SMILES string of the molecule is CCN1CCCC(NCc2ccc(CSC(F)F)o2)C1. The van der Waals surface area contributed by atoms with Crippen molar-refractivity contribution in [1.82, 2.24) is 10.2 Å². The second-order valence-electron chi connectivity index (χ2n) is 5.05. The fraction of sp³-hybridized carbons (Fsp3) is 0.714. The van der Waals surface area contributed by atoms with Gasteiger partial charge in [0.25, 0.3) is 5.76 Å². The van der Waals surface area contributed by atoms with Gasteiger partial charge in [0.15, 0.2) is 0 Å². The van der Waals surface area contributed by atoms with Gasteiger partial charge in [0.1, 0.15) is 11.5 Å². The third kappa shape index (κ3) is 5.07. The highest BCUT2D eigenvalue weighted by molar-refractivity contribution is 7.98. The Labute approximate surface area is 123 Å². The fourth-order valence-corrected chi connectivity index (χ4v) is 2.94. The average Bonchev–Trinajstić information content (AvgIpc) is 2.91. The Morgan fingerprint density at radius 1 is 1.45 bits per heavy atom. The number of hydrogen-bond donors (Lipinski definition) is 1. The molecule has 3 nitrogen and oxygen atoms in total. The Morgan fingerprint density at radius 2 is 2.25 bits per heavy atom. The van der Waals surface area contributed by atoms with E-state index in [0.29, 0.717) is 30.1 Å². The van der Waals surface area contributed by atoms with Crippen LogP contribution < -0.4 is 5.32 Å². The molecule has 2 heterocycles. The molecule has 1 aliphatic rings. The summed E-state index contributed by atoms with van der Waals surface area (Å²) in [6.07, 6.45) is 2.41. The number of rotatable bonds is 7. The minimum atomic E-state index is -2.34. The quantitative estimate of drug-likeness (QED) is 0.836. The molecule has 1 aromatic rings. The van der Waals surface area contributed by atoms with E-state index in [1.54, 1.807) is 6.07 Å². The first-order valence-corrected chi connectivity index (χ1v) is 8.15. The van der Waals surface area contributed by atoms with Crippen LogP contribution in [0.5, 0.6) is 0 Å². The molecular weight excluding hydrogens is 282 g/mol. The normalized spacial score (nSPS) is 20.7. The molecule has 1 aliphatic heterocycles. The van der Waals surface area contributed by atoms with Gasteiger partial charge in [-0.15, -0.1) is 0 Å². The lowest BCUT2D eigenvalue weighted by atomic mass is 10.1. The topological polar surface area (TPSA) is 28.4 Å². The molecule has 2 rings (SSSR count). The summed E-state index contributed by atoms with van der Waals surface area (Å²) in [5.74, 6) is -0.677. The number of nitrogens with one attached hydrogen (secondary N) is 1. The molecule has 1 fully saturated rings. The Kier molecular flexibility index (Phi) is 6.32. The van der Waals surface area contributed by atoms with Gasteiger partial charge >= 0.3 is 0 Å². The molecule has 0 aromatic carbocycles. The summed E-state index contributed by atoms with van der Waals surface area (Å²) in [4.78, 5) is 2.44. The number of likely N-dealkylation sites (tertiary alicyclic amines) is 1. The van der Waals surface area contributed by atoms with Gasteiger partial charge in [0.2, 0.25) is 0 Å². The molecule has 0 bridgehead atoms. The molecule has 20 heavy (non-hydrogen) atoms. The van der Waals surface area contributed by atoms with E-state index in [9.17, 15) is 8.78 Å². The van der Waals surface area contributed by atoms with Crippen LogP contribution in [0.25, 0.3) is 0 Å². The second-order valence-corrected chi connectivity index (χ2v) is 6.03. The van der Waals surface area contributed by atoms with Crippen molar-refractivity contribution in [3.05, 3.63) is 23.7 Å². The number of furan rings is 1. The van der Waals surface area contributed by atoms with Crippen molar-refractivity contribution in [2.45, 2.75) is 43.9 Å². The molecule has 1 N–H and O–H groups in total. The molecule has 1 aromatic heterocycles. The Bertz CT molecular complexity index is 400. The first kappa shape index (κ1) is 15.8. The Morgan fingerprint density at radius 3 is 3.00 bits per heavy atom. The molecule has 0 spiro atoms. The highest BCUT2D eigenvalue weighted by Crippen LogP contribution is 2.21. The third-order valence-electron chi connectivity index (χ3n) is 3.59. The Hall–Kier alpha value is -0.590. The van der Waals surface area contributed by atoms with Gasteiger partial charge in [-0.05, 0) is 38.1 Å². The molecule has 0 amide bonds. The fourth-order valence-electron chi connectivity index (χ4n) is 2.49. The van der Waals surface area contributed by atoms with Gasteiger partial charge in [-0.2, -0.15) is 8.78 Å². The first-order valence-electron chi connectivity index (χ1n) is 7.10. The minimum Gasteiger partial charge on any atom is -0.464 e. The number of likely N-dealkylation sites (N-methyl/N-ethyl adjacent to an activating group) is 1. The summed E-state index contributed by atoms with van der Waals surface area (Å²) in [5, 5.41) is 3.49. The monoisotopic (exact) mass is 304 g/mol. The van der Waals surface area contributed by atoms with E-state index < -0.39 is 5.76 Å². The summed E-state index contributed by atoms with van der Waals surface area (Å²) in [5.41, 5.74) is 0. The number of hydrogen-bond acceptors (Lipinski definition) is 4. The van der Waals surface area contributed by atoms with Crippen molar-refractivity contribution in [2.75, 3.05) is 19.6 Å². The van der Waals surface area contributed by atoms with Crippen LogP contribution in [0.2, 0.25) is 0 Å². The zero-order valence-corrected chi connectivity index (χ0v) is 12.6. The predicted octanol–water partition coefficient (Wildman–Crippen LogP) is 3.31. The lowest BCUT2D eigenvalue weighted by Crippen LogP contribution is -2.45. The van der Waals surface area contributed by atoms with Crippen LogP contribution in [0.4, 0.5) is 8.78 Å². The molecule has 0 aliphatic carbocycles. The summed E-state index contributed by atoms with van der Waals surface area (Å²) in [7, 11) is 0. The van der Waals surface area contributed by atoms with E-state index in [4.69, 9.17) is 4.42 Å². The number of piperidine rings is 1. The van der Waals surface area contributed by atoms with Crippen molar-refractivity contribution in [3.8, 4) is 0 Å². The minimum absolute atomic E-state index is 0.227. The molecule has 0 radical (unpaired) electrons. The molecule has 1 unspecified atom stereocenters. The standard InChI is InChI=1S/C14H22F2N2OS/c1-2-18-7-3-4-11(9-18)17-8-12-5-6-13(19-12)10-20-14(15)16/h5-6,11,14,17H,2-4,7-10H2,1H3. The van der Waals surface area contributed by atoms with Gasteiger partial charge in [0.05, 0.1) is 12.3 Å². The van der Waals surface area contributed by atoms with Gasteiger partial charge in [-0.1, -0.05) is 18.7 Å². The van der Waals surface area contributed by atoms with Crippen LogP contribution >= 0.6 is 11.8 Å². The molecular formula is C14H22F2N2OS. The summed E-state index contributed by atoms with van der Waals surface area (Å²) >= 11 is 0.593. The molecule has 114 valence electrons. The molecule has 1 saturated heterocycles. The van der Waals surface area contributed by atoms with Crippen molar-refractivity contribution >= 4 is 11.8 Å². The lowest BCUT2D eigenvalue weighted by Gasteiger charge is -2.32. The summed E-state index contributed by atoms with van der Waals surface area (Å²) in [6.45, 7) is 6.20. The highest BCUT2D eigenvalue weighted by Gasteiger charge is 2.18. The van der Waals surface area contributed by atoms with Crippen molar-refractivity contribution in [3.63, 3.8) is 0 Å². The van der Waals surface area contributed by atoms with Crippen molar-refractivity contribution in [2.24, 2.45) is 0 Å². The van der Waals surface area contributed by atoms with E-state index in [1.807, 2.05) is 6.07 Å². The predicted molar refractivity (Wildman–Crippen MR) is 78.0 cm³/mol. The van der Waals surface area contributed by atoms with Crippen LogP contribution in [-0.4, -0.2) is 36.3 Å². The third-order valence-corrected chi connectivity index (χ3v) is 4.29. The van der Waals surface area contributed by atoms with E-state index >= 15 is 0 Å². The molecule has 6 heteroatoms. The zero-order valence-electron chi connectivity index (χ0n) is 11.8. The maximum atomic E-state index is 12.1. The lowest BCUT2D eigenvalue weighted by molar-refractivity contribution is 0.196. The largest absolute Gasteiger partial charge is 0.464 e. The number of nitrogens with zero attached hydrogens (tertiary/aromatic N) is 1. The van der Waals surface area contributed by atoms with Gasteiger partial charge in [-0.3, -0.25) is 0 Å². The van der Waals surface area contributed by atoms with Gasteiger partial charge in [0, 0.05) is 12.6 Å². The molecule has 1 atom stereocenters. The van der Waals surface area contributed by atoms with E-state index in [2.05, 4.69) is 17.1 Å². The maximum absolute atomic E-state index is 12.1. The smallest absolute Gasteiger partial charge is 0.284 e. The number of halogens is 2. The first-order chi connectivity index (χ1) is 9.67. The summed E-state index contributed by atoms with van der Waals surface area (Å²) in [6, 6.07) is 4.15. The van der Waals surface area contributed by atoms with Crippen LogP contribution in [0.15, 0.2) is 16.5 Å². The van der Waals surface area contributed by atoms with Crippen LogP contribution in [0.1, 0.15) is 31.3 Å². The Balaban J connectivity index is 1.73. The summed E-state index contributed by atoms with van der Waals surface area (Å²) < 4.78 is 29.7. The zero-order chi connectivity index (χ0) is 14.4. The van der Waals surface area contributed by atoms with E-state index in [0.717, 1.165) is 18.8 Å². The molecule has 0 saturated carbocycles. The number of alkyl halides is 2. The number of thioether (sulfide) groups is 1. The van der Waals surface area contributed by atoms with Crippen molar-refractivity contribution < 1.29 is 13.2 Å².